The molecule has 2 amide bonds. The first kappa shape index (κ1) is 19.3. The van der Waals surface area contributed by atoms with Crippen molar-refractivity contribution in [1.82, 2.24) is 20.1 Å². The van der Waals surface area contributed by atoms with E-state index in [1.54, 1.807) is 0 Å². The molecule has 0 bridgehead atoms. The van der Waals surface area contributed by atoms with Crippen molar-refractivity contribution in [3.63, 3.8) is 0 Å². The van der Waals surface area contributed by atoms with Crippen molar-refractivity contribution >= 4 is 16.9 Å². The third-order valence-electron chi connectivity index (χ3n) is 6.75. The maximum Gasteiger partial charge on any atom is 0.317 e. The minimum atomic E-state index is 0.0836. The van der Waals surface area contributed by atoms with Gasteiger partial charge in [0.2, 0.25) is 0 Å². The summed E-state index contributed by atoms with van der Waals surface area (Å²) < 4.78 is 0. The Morgan fingerprint density at radius 3 is 2.86 bits per heavy atom. The Labute approximate surface area is 168 Å². The molecule has 1 aromatic carbocycles. The molecule has 5 heteroatoms. The van der Waals surface area contributed by atoms with Gasteiger partial charge in [-0.25, -0.2) is 4.79 Å². The Morgan fingerprint density at radius 1 is 1.29 bits per heavy atom. The summed E-state index contributed by atoms with van der Waals surface area (Å²) >= 11 is 0. The highest BCUT2D eigenvalue weighted by atomic mass is 16.2. The molecule has 2 heterocycles. The minimum Gasteiger partial charge on any atom is -0.361 e. The SMILES string of the molecule is CCCCN1C[C@@H](NC(=O)N(CC)CC)C[C@@H]2c3cccc4[nH]cc(c34)C[C@H]21. The van der Waals surface area contributed by atoms with Gasteiger partial charge in [0.1, 0.15) is 0 Å². The van der Waals surface area contributed by atoms with E-state index in [0.29, 0.717) is 12.0 Å². The van der Waals surface area contributed by atoms with Gasteiger partial charge >= 0.3 is 6.03 Å². The zero-order valence-corrected chi connectivity index (χ0v) is 17.5. The van der Waals surface area contributed by atoms with Gasteiger partial charge in [-0.3, -0.25) is 4.90 Å². The zero-order chi connectivity index (χ0) is 19.7. The molecule has 2 N–H and O–H groups in total. The molecule has 1 aliphatic heterocycles. The number of fused-ring (bicyclic) bond motifs is 2. The number of carbonyl (C=O) groups excluding carboxylic acids is 1. The normalized spacial score (nSPS) is 24.2. The zero-order valence-electron chi connectivity index (χ0n) is 17.5. The predicted molar refractivity (Wildman–Crippen MR) is 115 cm³/mol. The monoisotopic (exact) mass is 382 g/mol. The second-order valence-electron chi connectivity index (χ2n) is 8.36. The van der Waals surface area contributed by atoms with Crippen LogP contribution in [0.5, 0.6) is 0 Å². The highest BCUT2D eigenvalue weighted by Gasteiger charge is 2.41. The second kappa shape index (κ2) is 8.16. The van der Waals surface area contributed by atoms with E-state index in [1.165, 1.54) is 34.9 Å². The van der Waals surface area contributed by atoms with E-state index in [-0.39, 0.29) is 12.1 Å². The van der Waals surface area contributed by atoms with Crippen LogP contribution in [0.1, 0.15) is 57.1 Å². The number of amides is 2. The Kier molecular flexibility index (Phi) is 5.63. The molecular weight excluding hydrogens is 348 g/mol. The summed E-state index contributed by atoms with van der Waals surface area (Å²) in [5, 5.41) is 4.77. The van der Waals surface area contributed by atoms with Crippen LogP contribution in [0, 0.1) is 0 Å². The molecule has 0 radical (unpaired) electrons. The summed E-state index contributed by atoms with van der Waals surface area (Å²) in [6.45, 7) is 9.94. The van der Waals surface area contributed by atoms with Gasteiger partial charge in [0.15, 0.2) is 0 Å². The van der Waals surface area contributed by atoms with Crippen molar-refractivity contribution in [2.24, 2.45) is 0 Å². The average molecular weight is 383 g/mol. The van der Waals surface area contributed by atoms with Crippen LogP contribution >= 0.6 is 0 Å². The lowest BCUT2D eigenvalue weighted by Gasteiger charge is -2.47. The van der Waals surface area contributed by atoms with Gasteiger partial charge in [-0.2, -0.15) is 0 Å². The van der Waals surface area contributed by atoms with Gasteiger partial charge in [-0.15, -0.1) is 0 Å². The van der Waals surface area contributed by atoms with Gasteiger partial charge < -0.3 is 15.2 Å². The number of rotatable bonds is 6. The van der Waals surface area contributed by atoms with Crippen LogP contribution in [0.25, 0.3) is 10.9 Å². The van der Waals surface area contributed by atoms with Gasteiger partial charge in [-0.05, 0) is 56.8 Å². The number of likely N-dealkylation sites (tertiary alicyclic amines) is 1. The van der Waals surface area contributed by atoms with Crippen molar-refractivity contribution in [1.29, 1.82) is 0 Å². The van der Waals surface area contributed by atoms with Crippen molar-refractivity contribution in [3.8, 4) is 0 Å². The molecule has 0 saturated carbocycles. The van der Waals surface area contributed by atoms with E-state index in [1.807, 2.05) is 18.7 Å². The van der Waals surface area contributed by atoms with Crippen LogP contribution in [0.15, 0.2) is 24.4 Å². The summed E-state index contributed by atoms with van der Waals surface area (Å²) in [6, 6.07) is 7.50. The number of piperidine rings is 1. The summed E-state index contributed by atoms with van der Waals surface area (Å²) in [7, 11) is 0. The Bertz CT molecular complexity index is 825. The lowest BCUT2D eigenvalue weighted by atomic mass is 9.74. The van der Waals surface area contributed by atoms with Crippen LogP contribution in [0.4, 0.5) is 4.79 Å². The van der Waals surface area contributed by atoms with E-state index >= 15 is 0 Å². The number of urea groups is 1. The molecule has 0 unspecified atom stereocenters. The van der Waals surface area contributed by atoms with Crippen molar-refractivity contribution in [2.45, 2.75) is 64.5 Å². The van der Waals surface area contributed by atoms with Crippen LogP contribution in [-0.2, 0) is 6.42 Å². The van der Waals surface area contributed by atoms with Gasteiger partial charge in [0, 0.05) is 54.7 Å². The van der Waals surface area contributed by atoms with E-state index in [4.69, 9.17) is 0 Å². The molecule has 3 atom stereocenters. The number of benzene rings is 1. The fourth-order valence-corrected chi connectivity index (χ4v) is 5.30. The van der Waals surface area contributed by atoms with E-state index < -0.39 is 0 Å². The Hall–Kier alpha value is -2.01. The van der Waals surface area contributed by atoms with Gasteiger partial charge in [0.05, 0.1) is 0 Å². The summed E-state index contributed by atoms with van der Waals surface area (Å²) in [5.74, 6) is 0.486. The molecule has 5 nitrogen and oxygen atoms in total. The van der Waals surface area contributed by atoms with Gasteiger partial charge in [0.25, 0.3) is 0 Å². The standard InChI is InChI=1S/C23H34N4O/c1-4-7-11-27-15-17(25-23(28)26(5-2)6-3)13-19-18-9-8-10-20-22(18)16(14-24-20)12-21(19)27/h8-10,14,17,19,21,24H,4-7,11-13,15H2,1-3H3,(H,25,28)/t17-,19+,21+/m0/s1. The maximum absolute atomic E-state index is 12.7. The summed E-state index contributed by atoms with van der Waals surface area (Å²) in [6.07, 6.45) is 6.77. The largest absolute Gasteiger partial charge is 0.361 e. The maximum atomic E-state index is 12.7. The molecular formula is C23H34N4O. The topological polar surface area (TPSA) is 51.4 Å². The van der Waals surface area contributed by atoms with Crippen LogP contribution in [0.3, 0.4) is 0 Å². The first-order chi connectivity index (χ1) is 13.7. The summed E-state index contributed by atoms with van der Waals surface area (Å²) in [5.41, 5.74) is 4.17. The fraction of sp³-hybridized carbons (Fsp3) is 0.609. The number of hydrogen-bond donors (Lipinski definition) is 2. The van der Waals surface area contributed by atoms with Crippen molar-refractivity contribution < 1.29 is 4.79 Å². The molecule has 1 saturated heterocycles. The number of aromatic nitrogens is 1. The second-order valence-corrected chi connectivity index (χ2v) is 8.36. The van der Waals surface area contributed by atoms with E-state index in [2.05, 4.69) is 46.5 Å². The molecule has 28 heavy (non-hydrogen) atoms. The number of aromatic amines is 1. The van der Waals surface area contributed by atoms with E-state index in [9.17, 15) is 4.79 Å². The van der Waals surface area contributed by atoms with Crippen LogP contribution in [-0.4, -0.2) is 59.1 Å². The van der Waals surface area contributed by atoms with Gasteiger partial charge in [-0.1, -0.05) is 25.5 Å². The molecule has 4 rings (SSSR count). The number of unbranched alkanes of at least 4 members (excludes halogenated alkanes) is 1. The number of nitrogens with zero attached hydrogens (tertiary/aromatic N) is 2. The first-order valence-electron chi connectivity index (χ1n) is 11.0. The molecule has 2 aliphatic rings. The Balaban J connectivity index is 1.62. The predicted octanol–water partition coefficient (Wildman–Crippen LogP) is 4.10. The smallest absolute Gasteiger partial charge is 0.317 e. The number of hydrogen-bond acceptors (Lipinski definition) is 2. The van der Waals surface area contributed by atoms with Crippen molar-refractivity contribution in [2.75, 3.05) is 26.2 Å². The lowest BCUT2D eigenvalue weighted by Crippen LogP contribution is -2.57. The third-order valence-corrected chi connectivity index (χ3v) is 6.75. The van der Waals surface area contributed by atoms with E-state index in [0.717, 1.165) is 39.0 Å². The molecule has 2 aromatic rings. The number of nitrogens with one attached hydrogen (secondary N) is 2. The number of H-pyrrole nitrogens is 1. The van der Waals surface area contributed by atoms with Crippen LogP contribution < -0.4 is 5.32 Å². The third kappa shape index (κ3) is 3.41. The fourth-order valence-electron chi connectivity index (χ4n) is 5.30. The molecule has 1 fully saturated rings. The molecule has 1 aliphatic carbocycles. The van der Waals surface area contributed by atoms with Crippen LogP contribution in [0.2, 0.25) is 0 Å². The number of carbonyl (C=O) groups is 1. The lowest BCUT2D eigenvalue weighted by molar-refractivity contribution is 0.0964. The minimum absolute atomic E-state index is 0.0836. The van der Waals surface area contributed by atoms with Crippen molar-refractivity contribution in [3.05, 3.63) is 35.5 Å². The summed E-state index contributed by atoms with van der Waals surface area (Å²) in [4.78, 5) is 20.7. The quantitative estimate of drug-likeness (QED) is 0.790. The Morgan fingerprint density at radius 2 is 2.11 bits per heavy atom. The molecule has 152 valence electrons. The highest BCUT2D eigenvalue weighted by Crippen LogP contribution is 2.43. The average Bonchev–Trinajstić information content (AvgIpc) is 3.12. The highest BCUT2D eigenvalue weighted by molar-refractivity contribution is 5.88. The first-order valence-corrected chi connectivity index (χ1v) is 11.0. The molecule has 0 spiro atoms. The molecule has 1 aromatic heterocycles.